The van der Waals surface area contributed by atoms with E-state index in [0.29, 0.717) is 54.3 Å². The molecule has 0 aromatic heterocycles. The van der Waals surface area contributed by atoms with Crippen LogP contribution >= 0.6 is 0 Å². The van der Waals surface area contributed by atoms with Gasteiger partial charge in [0.05, 0.1) is 36.2 Å². The molecule has 1 N–H and O–H groups in total. The zero-order valence-electron chi connectivity index (χ0n) is 22.6. The molecule has 1 fully saturated rings. The average Bonchev–Trinajstić information content (AvgIpc) is 3.00. The maximum Gasteiger partial charge on any atom is 0.338 e. The summed E-state index contributed by atoms with van der Waals surface area (Å²) in [5.74, 6) is -0.379. The van der Waals surface area contributed by atoms with Gasteiger partial charge in [0.15, 0.2) is 0 Å². The zero-order chi connectivity index (χ0) is 28.1. The van der Waals surface area contributed by atoms with Crippen LogP contribution < -0.4 is 15.0 Å². The molecular weight excluding hydrogens is 506 g/mol. The van der Waals surface area contributed by atoms with E-state index in [4.69, 9.17) is 9.47 Å². The van der Waals surface area contributed by atoms with Crippen molar-refractivity contribution in [1.82, 2.24) is 4.90 Å². The number of piperazine rings is 1. The van der Waals surface area contributed by atoms with Crippen molar-refractivity contribution in [3.8, 4) is 5.75 Å². The molecule has 40 heavy (non-hydrogen) atoms. The van der Waals surface area contributed by atoms with Gasteiger partial charge in [-0.2, -0.15) is 0 Å². The number of ether oxygens (including phenoxy) is 2. The summed E-state index contributed by atoms with van der Waals surface area (Å²) in [6, 6.07) is 25.8. The van der Waals surface area contributed by atoms with E-state index in [2.05, 4.69) is 10.2 Å². The number of amides is 2. The maximum absolute atomic E-state index is 13.6. The van der Waals surface area contributed by atoms with E-state index < -0.39 is 5.97 Å². The quantitative estimate of drug-likeness (QED) is 0.325. The van der Waals surface area contributed by atoms with Crippen molar-refractivity contribution in [3.05, 3.63) is 102 Å². The molecule has 204 valence electrons. The minimum atomic E-state index is -0.467. The molecule has 1 aliphatic rings. The molecular formula is C32H31N3O5. The highest BCUT2D eigenvalue weighted by Gasteiger charge is 2.25. The largest absolute Gasteiger partial charge is 0.496 e. The first-order valence-electron chi connectivity index (χ1n) is 13.3. The first-order valence-corrected chi connectivity index (χ1v) is 13.3. The minimum absolute atomic E-state index is 0.00478. The molecule has 0 unspecified atom stereocenters. The molecule has 1 aliphatic heterocycles. The van der Waals surface area contributed by atoms with Gasteiger partial charge in [-0.15, -0.1) is 0 Å². The lowest BCUT2D eigenvalue weighted by Gasteiger charge is -2.37. The number of fused-ring (bicyclic) bond motifs is 1. The van der Waals surface area contributed by atoms with E-state index in [-0.39, 0.29) is 18.4 Å². The second-order valence-electron chi connectivity index (χ2n) is 9.45. The van der Waals surface area contributed by atoms with Gasteiger partial charge in [0.1, 0.15) is 5.75 Å². The van der Waals surface area contributed by atoms with E-state index in [1.54, 1.807) is 25.1 Å². The minimum Gasteiger partial charge on any atom is -0.496 e. The topological polar surface area (TPSA) is 88.2 Å². The first kappa shape index (κ1) is 26.7. The Hall–Kier alpha value is -4.85. The monoisotopic (exact) mass is 537 g/mol. The molecule has 0 atom stereocenters. The third kappa shape index (κ3) is 5.61. The number of benzene rings is 4. The highest BCUT2D eigenvalue weighted by molar-refractivity contribution is 6.10. The molecule has 0 saturated carbocycles. The fraction of sp³-hybridized carbons (Fsp3) is 0.219. The van der Waals surface area contributed by atoms with E-state index in [1.807, 2.05) is 71.6 Å². The van der Waals surface area contributed by atoms with Gasteiger partial charge in [-0.3, -0.25) is 9.59 Å². The molecule has 0 aliphatic carbocycles. The summed E-state index contributed by atoms with van der Waals surface area (Å²) in [6.45, 7) is 4.18. The number of rotatable bonds is 7. The second kappa shape index (κ2) is 11.9. The maximum atomic E-state index is 13.6. The van der Waals surface area contributed by atoms with E-state index in [1.165, 1.54) is 7.11 Å². The fourth-order valence-electron chi connectivity index (χ4n) is 4.92. The van der Waals surface area contributed by atoms with Crippen LogP contribution in [0.1, 0.15) is 38.0 Å². The van der Waals surface area contributed by atoms with Crippen molar-refractivity contribution in [3.63, 3.8) is 0 Å². The lowest BCUT2D eigenvalue weighted by atomic mass is 10.0. The summed E-state index contributed by atoms with van der Waals surface area (Å²) in [4.78, 5) is 43.0. The number of hydrogen-bond acceptors (Lipinski definition) is 6. The molecule has 8 heteroatoms. The molecule has 0 bridgehead atoms. The van der Waals surface area contributed by atoms with Crippen molar-refractivity contribution in [2.24, 2.45) is 0 Å². The Morgan fingerprint density at radius 3 is 2.15 bits per heavy atom. The molecule has 2 amide bonds. The number of nitrogens with one attached hydrogen (secondary N) is 1. The molecule has 1 saturated heterocycles. The van der Waals surface area contributed by atoms with Crippen molar-refractivity contribution in [2.75, 3.05) is 50.1 Å². The number of nitrogens with zero attached hydrogens (tertiary/aromatic N) is 2. The van der Waals surface area contributed by atoms with E-state index in [9.17, 15) is 14.4 Å². The van der Waals surface area contributed by atoms with Crippen LogP contribution in [0, 0.1) is 0 Å². The van der Waals surface area contributed by atoms with Crippen molar-refractivity contribution in [1.29, 1.82) is 0 Å². The van der Waals surface area contributed by atoms with Crippen LogP contribution in [0.4, 0.5) is 11.4 Å². The van der Waals surface area contributed by atoms with Crippen molar-refractivity contribution in [2.45, 2.75) is 6.92 Å². The third-order valence-electron chi connectivity index (χ3n) is 7.00. The van der Waals surface area contributed by atoms with Gasteiger partial charge in [0.25, 0.3) is 11.8 Å². The number of carbonyl (C=O) groups excluding carboxylic acids is 3. The molecule has 0 spiro atoms. The summed E-state index contributed by atoms with van der Waals surface area (Å²) in [7, 11) is 1.53. The zero-order valence-corrected chi connectivity index (χ0v) is 22.6. The van der Waals surface area contributed by atoms with Crippen LogP contribution in [-0.4, -0.2) is 62.6 Å². The Kier molecular flexibility index (Phi) is 7.96. The highest BCUT2D eigenvalue weighted by Crippen LogP contribution is 2.32. The Balaban J connectivity index is 1.42. The van der Waals surface area contributed by atoms with Crippen LogP contribution in [0.15, 0.2) is 84.9 Å². The van der Waals surface area contributed by atoms with Crippen LogP contribution in [0.25, 0.3) is 10.8 Å². The SMILES string of the molecule is CCOC(=O)c1ccc(N2CCN(C(=O)c3ccccc3)CC2)c(NC(=O)c2cc3ccccc3cc2OC)c1. The Morgan fingerprint density at radius 1 is 0.800 bits per heavy atom. The predicted octanol–water partition coefficient (Wildman–Crippen LogP) is 5.24. The van der Waals surface area contributed by atoms with Gasteiger partial charge >= 0.3 is 5.97 Å². The smallest absolute Gasteiger partial charge is 0.338 e. The standard InChI is InChI=1S/C32H31N3O5/c1-3-40-32(38)25-13-14-28(34-15-17-35(18-16-34)31(37)22-9-5-4-6-10-22)27(20-25)33-30(36)26-19-23-11-7-8-12-24(23)21-29(26)39-2/h4-14,19-21H,3,15-18H2,1-2H3,(H,33,36). The van der Waals surface area contributed by atoms with Gasteiger partial charge in [-0.05, 0) is 60.2 Å². The van der Waals surface area contributed by atoms with Crippen LogP contribution in [0.2, 0.25) is 0 Å². The highest BCUT2D eigenvalue weighted by atomic mass is 16.5. The Bertz CT molecular complexity index is 1550. The molecule has 1 heterocycles. The molecule has 8 nitrogen and oxygen atoms in total. The second-order valence-corrected chi connectivity index (χ2v) is 9.45. The molecule has 4 aromatic carbocycles. The third-order valence-corrected chi connectivity index (χ3v) is 7.00. The lowest BCUT2D eigenvalue weighted by Crippen LogP contribution is -2.49. The van der Waals surface area contributed by atoms with Gasteiger partial charge in [0.2, 0.25) is 0 Å². The number of carbonyl (C=O) groups is 3. The van der Waals surface area contributed by atoms with E-state index in [0.717, 1.165) is 16.5 Å². The van der Waals surface area contributed by atoms with Gasteiger partial charge in [-0.1, -0.05) is 42.5 Å². The summed E-state index contributed by atoms with van der Waals surface area (Å²) in [6.07, 6.45) is 0. The molecule has 0 radical (unpaired) electrons. The van der Waals surface area contributed by atoms with Gasteiger partial charge in [-0.25, -0.2) is 4.79 Å². The van der Waals surface area contributed by atoms with Crippen LogP contribution in [0.5, 0.6) is 5.75 Å². The Morgan fingerprint density at radius 2 is 1.48 bits per heavy atom. The van der Waals surface area contributed by atoms with Crippen LogP contribution in [0.3, 0.4) is 0 Å². The van der Waals surface area contributed by atoms with Crippen LogP contribution in [-0.2, 0) is 4.74 Å². The van der Waals surface area contributed by atoms with Crippen molar-refractivity contribution < 1.29 is 23.9 Å². The molecule has 5 rings (SSSR count). The normalized spacial score (nSPS) is 13.2. The average molecular weight is 538 g/mol. The Labute approximate surface area is 233 Å². The van der Waals surface area contributed by atoms with Gasteiger partial charge in [0, 0.05) is 31.7 Å². The predicted molar refractivity (Wildman–Crippen MR) is 155 cm³/mol. The van der Waals surface area contributed by atoms with Crippen molar-refractivity contribution >= 4 is 39.9 Å². The summed E-state index contributed by atoms with van der Waals surface area (Å²) in [5, 5.41) is 4.88. The molecule has 4 aromatic rings. The number of methoxy groups -OCH3 is 1. The fourth-order valence-corrected chi connectivity index (χ4v) is 4.92. The van der Waals surface area contributed by atoms with E-state index >= 15 is 0 Å². The first-order chi connectivity index (χ1) is 19.5. The summed E-state index contributed by atoms with van der Waals surface area (Å²) in [5.41, 5.74) is 2.62. The number of esters is 1. The number of hydrogen-bond donors (Lipinski definition) is 1. The van der Waals surface area contributed by atoms with Gasteiger partial charge < -0.3 is 24.6 Å². The summed E-state index contributed by atoms with van der Waals surface area (Å²) < 4.78 is 10.7. The number of anilines is 2. The summed E-state index contributed by atoms with van der Waals surface area (Å²) >= 11 is 0. The lowest BCUT2D eigenvalue weighted by molar-refractivity contribution is 0.0526.